The molecule has 1 aliphatic rings. The van der Waals surface area contributed by atoms with Crippen LogP contribution in [-0.2, 0) is 22.4 Å². The number of imidazole rings is 1. The number of ether oxygens (including phenoxy) is 1. The number of nitrogens with zero attached hydrogens (tertiary/aromatic N) is 2. The maximum atomic E-state index is 11.2. The lowest BCUT2D eigenvalue weighted by Crippen LogP contribution is -2.15. The molecule has 0 N–H and O–H groups in total. The van der Waals surface area contributed by atoms with Gasteiger partial charge in [-0.05, 0) is 32.6 Å². The lowest BCUT2D eigenvalue weighted by atomic mass is 10.0. The molecular weight excluding hydrogens is 204 g/mol. The molecule has 1 aromatic rings. The molecule has 0 bridgehead atoms. The summed E-state index contributed by atoms with van der Waals surface area (Å²) in [4.78, 5) is 15.7. The van der Waals surface area contributed by atoms with Gasteiger partial charge < -0.3 is 9.30 Å². The molecular formula is C12H18N2O2. The molecule has 4 nitrogen and oxygen atoms in total. The minimum atomic E-state index is -0.161. The normalized spacial score (nSPS) is 16.6. The summed E-state index contributed by atoms with van der Waals surface area (Å²) in [5, 5.41) is 0. The van der Waals surface area contributed by atoms with Gasteiger partial charge >= 0.3 is 5.97 Å². The third-order valence-corrected chi connectivity index (χ3v) is 3.22. The number of methoxy groups -OCH3 is 1. The Kier molecular flexibility index (Phi) is 3.27. The molecule has 88 valence electrons. The quantitative estimate of drug-likeness (QED) is 0.733. The number of rotatable bonds is 3. The van der Waals surface area contributed by atoms with Crippen LogP contribution in [0.1, 0.15) is 43.6 Å². The SMILES string of the molecule is COC(=O)CC(C)n1cnc2c1CCCC2. The Labute approximate surface area is 95.6 Å². The molecule has 0 fully saturated rings. The van der Waals surface area contributed by atoms with Gasteiger partial charge in [-0.1, -0.05) is 0 Å². The molecule has 0 saturated carbocycles. The highest BCUT2D eigenvalue weighted by Gasteiger charge is 2.19. The summed E-state index contributed by atoms with van der Waals surface area (Å²) >= 11 is 0. The zero-order valence-corrected chi connectivity index (χ0v) is 9.90. The zero-order valence-electron chi connectivity index (χ0n) is 9.90. The summed E-state index contributed by atoms with van der Waals surface area (Å²) in [5.41, 5.74) is 2.52. The summed E-state index contributed by atoms with van der Waals surface area (Å²) in [7, 11) is 1.43. The van der Waals surface area contributed by atoms with E-state index in [1.165, 1.54) is 31.3 Å². The summed E-state index contributed by atoms with van der Waals surface area (Å²) in [6, 6.07) is 0.141. The Morgan fingerprint density at radius 3 is 3.06 bits per heavy atom. The summed E-state index contributed by atoms with van der Waals surface area (Å²) < 4.78 is 6.82. The fourth-order valence-corrected chi connectivity index (χ4v) is 2.29. The molecule has 1 atom stereocenters. The molecule has 0 radical (unpaired) electrons. The average Bonchev–Trinajstić information content (AvgIpc) is 2.72. The van der Waals surface area contributed by atoms with E-state index in [4.69, 9.17) is 4.74 Å². The molecule has 1 aliphatic carbocycles. The first-order valence-corrected chi connectivity index (χ1v) is 5.83. The van der Waals surface area contributed by atoms with E-state index in [-0.39, 0.29) is 12.0 Å². The Bertz CT molecular complexity index is 384. The van der Waals surface area contributed by atoms with Gasteiger partial charge in [0.25, 0.3) is 0 Å². The van der Waals surface area contributed by atoms with Gasteiger partial charge in [0.1, 0.15) is 0 Å². The van der Waals surface area contributed by atoms with Crippen LogP contribution in [0.2, 0.25) is 0 Å². The molecule has 0 amide bonds. The smallest absolute Gasteiger partial charge is 0.307 e. The largest absolute Gasteiger partial charge is 0.469 e. The van der Waals surface area contributed by atoms with Crippen LogP contribution in [0.3, 0.4) is 0 Å². The number of hydrogen-bond acceptors (Lipinski definition) is 3. The lowest BCUT2D eigenvalue weighted by Gasteiger charge is -2.18. The van der Waals surface area contributed by atoms with Gasteiger partial charge in [0, 0.05) is 11.7 Å². The van der Waals surface area contributed by atoms with Crippen LogP contribution >= 0.6 is 0 Å². The summed E-state index contributed by atoms with van der Waals surface area (Å²) in [6.07, 6.45) is 6.90. The number of hydrogen-bond donors (Lipinski definition) is 0. The molecule has 2 rings (SSSR count). The van der Waals surface area contributed by atoms with E-state index in [1.54, 1.807) is 0 Å². The van der Waals surface area contributed by atoms with Crippen LogP contribution < -0.4 is 0 Å². The number of fused-ring (bicyclic) bond motifs is 1. The van der Waals surface area contributed by atoms with Gasteiger partial charge in [-0.15, -0.1) is 0 Å². The number of aryl methyl sites for hydroxylation is 1. The maximum absolute atomic E-state index is 11.2. The van der Waals surface area contributed by atoms with Crippen molar-refractivity contribution in [1.29, 1.82) is 0 Å². The van der Waals surface area contributed by atoms with Crippen LogP contribution in [0.15, 0.2) is 6.33 Å². The van der Waals surface area contributed by atoms with E-state index in [2.05, 4.69) is 9.55 Å². The Balaban J connectivity index is 2.14. The maximum Gasteiger partial charge on any atom is 0.307 e. The van der Waals surface area contributed by atoms with Gasteiger partial charge in [0.05, 0.1) is 25.6 Å². The van der Waals surface area contributed by atoms with Gasteiger partial charge in [-0.25, -0.2) is 4.98 Å². The molecule has 1 unspecified atom stereocenters. The monoisotopic (exact) mass is 222 g/mol. The molecule has 4 heteroatoms. The highest BCUT2D eigenvalue weighted by atomic mass is 16.5. The van der Waals surface area contributed by atoms with Gasteiger partial charge in [0.15, 0.2) is 0 Å². The second-order valence-corrected chi connectivity index (χ2v) is 4.38. The van der Waals surface area contributed by atoms with E-state index in [1.807, 2.05) is 13.3 Å². The second-order valence-electron chi connectivity index (χ2n) is 4.38. The predicted molar refractivity (Wildman–Crippen MR) is 60.2 cm³/mol. The standard InChI is InChI=1S/C12H18N2O2/c1-9(7-12(15)16-2)14-8-13-10-5-3-4-6-11(10)14/h8-9H,3-7H2,1-2H3. The van der Waals surface area contributed by atoms with Crippen molar-refractivity contribution in [3.63, 3.8) is 0 Å². The fraction of sp³-hybridized carbons (Fsp3) is 0.667. The predicted octanol–water partition coefficient (Wildman–Crippen LogP) is 1.89. The number of carbonyl (C=O) groups is 1. The van der Waals surface area contributed by atoms with Gasteiger partial charge in [0.2, 0.25) is 0 Å². The number of esters is 1. The third kappa shape index (κ3) is 2.10. The molecule has 0 spiro atoms. The van der Waals surface area contributed by atoms with E-state index in [9.17, 15) is 4.79 Å². The molecule has 1 heterocycles. The Morgan fingerprint density at radius 2 is 2.31 bits per heavy atom. The lowest BCUT2D eigenvalue weighted by molar-refractivity contribution is -0.141. The van der Waals surface area contributed by atoms with Crippen LogP contribution in [-0.4, -0.2) is 22.6 Å². The fourth-order valence-electron chi connectivity index (χ4n) is 2.29. The van der Waals surface area contributed by atoms with Crippen molar-refractivity contribution in [2.24, 2.45) is 0 Å². The molecule has 16 heavy (non-hydrogen) atoms. The van der Waals surface area contributed by atoms with Crippen molar-refractivity contribution in [2.45, 2.75) is 45.1 Å². The molecule has 0 aromatic carbocycles. The first-order chi connectivity index (χ1) is 7.72. The second kappa shape index (κ2) is 4.68. The highest BCUT2D eigenvalue weighted by molar-refractivity contribution is 5.69. The topological polar surface area (TPSA) is 44.1 Å². The molecule has 1 aromatic heterocycles. The summed E-state index contributed by atoms with van der Waals surface area (Å²) in [5.74, 6) is -0.161. The zero-order chi connectivity index (χ0) is 11.5. The van der Waals surface area contributed by atoms with E-state index >= 15 is 0 Å². The van der Waals surface area contributed by atoms with Crippen molar-refractivity contribution >= 4 is 5.97 Å². The van der Waals surface area contributed by atoms with Crippen LogP contribution in [0.4, 0.5) is 0 Å². The van der Waals surface area contributed by atoms with Crippen molar-refractivity contribution in [1.82, 2.24) is 9.55 Å². The van der Waals surface area contributed by atoms with Crippen molar-refractivity contribution in [2.75, 3.05) is 7.11 Å². The van der Waals surface area contributed by atoms with Crippen LogP contribution in [0.25, 0.3) is 0 Å². The van der Waals surface area contributed by atoms with Crippen molar-refractivity contribution in [3.05, 3.63) is 17.7 Å². The van der Waals surface area contributed by atoms with Crippen LogP contribution in [0, 0.1) is 0 Å². The highest BCUT2D eigenvalue weighted by Crippen LogP contribution is 2.24. The first kappa shape index (κ1) is 11.2. The van der Waals surface area contributed by atoms with E-state index < -0.39 is 0 Å². The molecule has 0 saturated heterocycles. The minimum Gasteiger partial charge on any atom is -0.469 e. The van der Waals surface area contributed by atoms with Gasteiger partial charge in [-0.3, -0.25) is 4.79 Å². The van der Waals surface area contributed by atoms with Crippen molar-refractivity contribution in [3.8, 4) is 0 Å². The summed E-state index contributed by atoms with van der Waals surface area (Å²) in [6.45, 7) is 2.04. The Hall–Kier alpha value is -1.32. The Morgan fingerprint density at radius 1 is 1.56 bits per heavy atom. The van der Waals surface area contributed by atoms with Crippen LogP contribution in [0.5, 0.6) is 0 Å². The number of carbonyl (C=O) groups excluding carboxylic acids is 1. The van der Waals surface area contributed by atoms with E-state index in [0.29, 0.717) is 6.42 Å². The molecule has 0 aliphatic heterocycles. The minimum absolute atomic E-state index is 0.141. The van der Waals surface area contributed by atoms with Crippen molar-refractivity contribution < 1.29 is 9.53 Å². The average molecular weight is 222 g/mol. The van der Waals surface area contributed by atoms with Gasteiger partial charge in [-0.2, -0.15) is 0 Å². The third-order valence-electron chi connectivity index (χ3n) is 3.22. The number of aromatic nitrogens is 2. The van der Waals surface area contributed by atoms with E-state index in [0.717, 1.165) is 12.8 Å². The first-order valence-electron chi connectivity index (χ1n) is 5.83.